The maximum atomic E-state index is 4.94. The van der Waals surface area contributed by atoms with Gasteiger partial charge in [-0.25, -0.2) is 0 Å². The monoisotopic (exact) mass is 257 g/mol. The van der Waals surface area contributed by atoms with E-state index in [1.54, 1.807) is 4.47 Å². The average Bonchev–Trinajstić information content (AvgIpc) is 2.10. The molecule has 1 heterocycles. The van der Waals surface area contributed by atoms with Crippen molar-refractivity contribution in [3.8, 4) is 0 Å². The molecule has 49 valence electrons. The molecule has 0 spiro atoms. The molecule has 0 N–H and O–H groups in total. The van der Waals surface area contributed by atoms with Crippen molar-refractivity contribution in [3.05, 3.63) is 0 Å². The minimum absolute atomic E-state index is 0.193. The predicted molar refractivity (Wildman–Crippen MR) is 39.7 cm³/mol. The van der Waals surface area contributed by atoms with Crippen LogP contribution in [-0.2, 0) is 28.1 Å². The van der Waals surface area contributed by atoms with Crippen LogP contribution in [0.4, 0.5) is 0 Å². The zero-order chi connectivity index (χ0) is 6.85. The molecule has 0 aromatic heterocycles. The molecule has 3 nitrogen and oxygen atoms in total. The van der Waals surface area contributed by atoms with Crippen LogP contribution in [0.25, 0.3) is 0 Å². The summed E-state index contributed by atoms with van der Waals surface area (Å²) in [5.74, 6) is 0. The van der Waals surface area contributed by atoms with E-state index in [9.17, 15) is 0 Å². The van der Waals surface area contributed by atoms with Gasteiger partial charge in [0.25, 0.3) is 0 Å². The van der Waals surface area contributed by atoms with Crippen molar-refractivity contribution in [1.82, 2.24) is 4.47 Å². The number of rotatable bonds is 1. The number of thiol groups is 2. The Morgan fingerprint density at radius 2 is 2.56 bits per heavy atom. The Labute approximate surface area is 84.0 Å². The number of hydrogen-bond donors (Lipinski definition) is 2. The topological polar surface area (TPSA) is 24.8 Å². The van der Waals surface area contributed by atoms with Gasteiger partial charge in [0.05, 0.1) is 0 Å². The van der Waals surface area contributed by atoms with Crippen LogP contribution in [-0.4, -0.2) is 14.3 Å². The van der Waals surface area contributed by atoms with Crippen LogP contribution >= 0.6 is 37.2 Å². The molecule has 0 bridgehead atoms. The quantitative estimate of drug-likeness (QED) is 0.539. The van der Waals surface area contributed by atoms with Crippen LogP contribution in [0, 0.1) is 0 Å². The first-order chi connectivity index (χ1) is 4.24. The second-order valence-corrected chi connectivity index (χ2v) is 3.79. The van der Waals surface area contributed by atoms with Crippen molar-refractivity contribution >= 4 is 41.6 Å². The van der Waals surface area contributed by atoms with Gasteiger partial charge in [0.1, 0.15) is 0 Å². The van der Waals surface area contributed by atoms with Gasteiger partial charge in [-0.1, -0.05) is 0 Å². The summed E-state index contributed by atoms with van der Waals surface area (Å²) in [5.41, 5.74) is -0.193. The van der Waals surface area contributed by atoms with Crippen LogP contribution in [0.2, 0.25) is 0 Å². The molecule has 7 heteroatoms. The van der Waals surface area contributed by atoms with Crippen LogP contribution in [0.3, 0.4) is 0 Å². The molecular formula is C2H3N2OS3Zr. The molecule has 0 aromatic carbocycles. The molecule has 1 aliphatic heterocycles. The first-order valence-electron chi connectivity index (χ1n) is 2.00. The van der Waals surface area contributed by atoms with Gasteiger partial charge in [0, 0.05) is 0 Å². The van der Waals surface area contributed by atoms with Gasteiger partial charge in [0.2, 0.25) is 0 Å². The molecule has 0 saturated heterocycles. The summed E-state index contributed by atoms with van der Waals surface area (Å²) >= 11 is 10.4. The number of aliphatic imine (C=N–C) groups is 1. The van der Waals surface area contributed by atoms with E-state index in [-0.39, 0.29) is 5.50 Å². The zero-order valence-corrected chi connectivity index (χ0v) is 9.25. The van der Waals surface area contributed by atoms with E-state index in [0.29, 0.717) is 4.38 Å². The van der Waals surface area contributed by atoms with Crippen LogP contribution in [0.1, 0.15) is 0 Å². The second kappa shape index (κ2) is 3.78. The van der Waals surface area contributed by atoms with Crippen LogP contribution in [0.5, 0.6) is 0 Å². The van der Waals surface area contributed by atoms with Crippen molar-refractivity contribution < 1.29 is 28.1 Å². The average molecular weight is 258 g/mol. The van der Waals surface area contributed by atoms with Gasteiger partial charge in [-0.3, -0.25) is 0 Å². The molecule has 0 aromatic rings. The SMILES string of the molecule is SC1=NC(S)N([O][Zr])S1. The van der Waals surface area contributed by atoms with Gasteiger partial charge in [-0.05, 0) is 0 Å². The van der Waals surface area contributed by atoms with E-state index in [2.05, 4.69) is 30.2 Å². The van der Waals surface area contributed by atoms with Gasteiger partial charge < -0.3 is 0 Å². The number of hydrogen-bond acceptors (Lipinski definition) is 5. The molecule has 1 aliphatic rings. The first kappa shape index (κ1) is 8.62. The van der Waals surface area contributed by atoms with Crippen LogP contribution < -0.4 is 0 Å². The molecule has 0 radical (unpaired) electrons. The molecule has 1 unspecified atom stereocenters. The van der Waals surface area contributed by atoms with E-state index in [4.69, 9.17) is 2.91 Å². The maximum absolute atomic E-state index is 4.94. The molecule has 9 heavy (non-hydrogen) atoms. The standard InChI is InChI=1S/C2H3N2OS3.Zr/c5-4-1(6)3-2(7)8-4;/h1,6H,(H,3,7);/q-1;+1. The summed E-state index contributed by atoms with van der Waals surface area (Å²) in [4.78, 5) is 3.96. The minimum atomic E-state index is -0.193. The van der Waals surface area contributed by atoms with Gasteiger partial charge >= 0.3 is 84.6 Å². The number of nitrogens with zero attached hydrogens (tertiary/aromatic N) is 2. The molecule has 1 rings (SSSR count). The Morgan fingerprint density at radius 3 is 2.78 bits per heavy atom. The molecule has 0 fully saturated rings. The second-order valence-electron chi connectivity index (χ2n) is 1.23. The Balaban J connectivity index is 2.49. The summed E-state index contributed by atoms with van der Waals surface area (Å²) in [7, 11) is 0. The summed E-state index contributed by atoms with van der Waals surface area (Å²) in [6.45, 7) is 0. The van der Waals surface area contributed by atoms with E-state index >= 15 is 0 Å². The molecular weight excluding hydrogens is 255 g/mol. The predicted octanol–water partition coefficient (Wildman–Crippen LogP) is 0.843. The Hall–Kier alpha value is 1.52. The fraction of sp³-hybridized carbons (Fsp3) is 0.500. The van der Waals surface area contributed by atoms with Crippen LogP contribution in [0.15, 0.2) is 4.99 Å². The van der Waals surface area contributed by atoms with Crippen molar-refractivity contribution in [2.45, 2.75) is 5.50 Å². The van der Waals surface area contributed by atoms with E-state index < -0.39 is 0 Å². The van der Waals surface area contributed by atoms with Crippen molar-refractivity contribution in [3.63, 3.8) is 0 Å². The molecule has 0 amide bonds. The number of hydroxylamine groups is 1. The summed E-state index contributed by atoms with van der Waals surface area (Å²) < 4.78 is 7.22. The molecule has 1 atom stereocenters. The Morgan fingerprint density at radius 1 is 1.89 bits per heavy atom. The normalized spacial score (nSPS) is 28.6. The van der Waals surface area contributed by atoms with E-state index in [0.717, 1.165) is 25.2 Å². The van der Waals surface area contributed by atoms with E-state index in [1.807, 2.05) is 0 Å². The fourth-order valence-corrected chi connectivity index (χ4v) is 2.41. The molecule has 0 aliphatic carbocycles. The Bertz CT molecular complexity index is 142. The van der Waals surface area contributed by atoms with Gasteiger partial charge in [-0.15, -0.1) is 0 Å². The van der Waals surface area contributed by atoms with E-state index in [1.165, 1.54) is 11.9 Å². The fourth-order valence-electron chi connectivity index (χ4n) is 0.363. The third-order valence-electron chi connectivity index (χ3n) is 0.676. The van der Waals surface area contributed by atoms with Crippen molar-refractivity contribution in [2.24, 2.45) is 4.99 Å². The van der Waals surface area contributed by atoms with Gasteiger partial charge in [0.15, 0.2) is 0 Å². The van der Waals surface area contributed by atoms with Gasteiger partial charge in [-0.2, -0.15) is 0 Å². The molecule has 0 saturated carbocycles. The van der Waals surface area contributed by atoms with Crippen molar-refractivity contribution in [1.29, 1.82) is 0 Å². The first-order valence-corrected chi connectivity index (χ1v) is 4.74. The summed E-state index contributed by atoms with van der Waals surface area (Å²) in [6.07, 6.45) is 0. The third kappa shape index (κ3) is 2.24. The Kier molecular flexibility index (Phi) is 3.62. The summed E-state index contributed by atoms with van der Waals surface area (Å²) in [5, 5.41) is 0. The zero-order valence-electron chi connectivity index (χ0n) is 4.18. The summed E-state index contributed by atoms with van der Waals surface area (Å²) in [6, 6.07) is 0. The third-order valence-corrected chi connectivity index (χ3v) is 3.05. The van der Waals surface area contributed by atoms with Crippen molar-refractivity contribution in [2.75, 3.05) is 0 Å².